The molecule has 4 N–H and O–H groups in total. The average molecular weight is 263 g/mol. The molecule has 1 heterocycles. The molecule has 8 nitrogen and oxygen atoms in total. The van der Waals surface area contributed by atoms with Gasteiger partial charge in [0, 0.05) is 0 Å². The molecule has 0 bridgehead atoms. The largest absolute Gasteiger partial charge is 0.385 e. The third-order valence-electron chi connectivity index (χ3n) is 2.12. The van der Waals surface area contributed by atoms with Crippen molar-refractivity contribution >= 4 is 24.8 Å². The molecule has 2 radical (unpaired) electrons. The van der Waals surface area contributed by atoms with Crippen LogP contribution in [0.2, 0.25) is 0 Å². The zero-order valence-corrected chi connectivity index (χ0v) is 9.37. The number of nitrogens with zero attached hydrogens (tertiary/aromatic N) is 3. The number of hydroxylamine groups is 1. The van der Waals surface area contributed by atoms with E-state index in [0.29, 0.717) is 0 Å². The van der Waals surface area contributed by atoms with Crippen molar-refractivity contribution in [3.05, 3.63) is 29.7 Å². The summed E-state index contributed by atoms with van der Waals surface area (Å²) in [5.74, 6) is 4.01. The van der Waals surface area contributed by atoms with Gasteiger partial charge in [0.25, 0.3) is 0 Å². The number of hydrogen-bond acceptors (Lipinski definition) is 7. The first-order chi connectivity index (χ1) is 9.15. The van der Waals surface area contributed by atoms with E-state index in [1.807, 2.05) is 0 Å². The molecule has 0 spiro atoms. The minimum absolute atomic E-state index is 0.0621. The Kier molecular flexibility index (Phi) is 3.73. The van der Waals surface area contributed by atoms with Crippen LogP contribution in [0.1, 0.15) is 5.69 Å². The van der Waals surface area contributed by atoms with Crippen LogP contribution in [0.15, 0.2) is 27.8 Å². The van der Waals surface area contributed by atoms with Crippen molar-refractivity contribution in [1.29, 1.82) is 0 Å². The molecule has 1 aromatic heterocycles. The second kappa shape index (κ2) is 5.46. The van der Waals surface area contributed by atoms with Gasteiger partial charge in [-0.05, 0) is 28.5 Å². The number of aromatic nitrogens is 2. The highest BCUT2D eigenvalue weighted by Gasteiger charge is 2.17. The van der Waals surface area contributed by atoms with Crippen molar-refractivity contribution in [1.82, 2.24) is 15.8 Å². The smallest absolute Gasteiger partial charge is 0.308 e. The molecular weight excluding hydrogens is 256 g/mol. The van der Waals surface area contributed by atoms with Gasteiger partial charge in [0.1, 0.15) is 13.7 Å². The quantitative estimate of drug-likeness (QED) is 0.290. The first kappa shape index (κ1) is 13.0. The lowest BCUT2D eigenvalue weighted by Crippen LogP contribution is -2.22. The molecule has 0 amide bonds. The predicted octanol–water partition coefficient (Wildman–Crippen LogP) is -0.688. The first-order valence-electron chi connectivity index (χ1n) is 4.89. The zero-order valence-electron chi connectivity index (χ0n) is 9.37. The number of nitrogens with one attached hydrogen (secondary N) is 1. The molecule has 2 rings (SSSR count). The summed E-state index contributed by atoms with van der Waals surface area (Å²) in [6.45, 7) is 0. The lowest BCUT2D eigenvalue weighted by atomic mass is 9.95. The normalized spacial score (nSPS) is 11.4. The van der Waals surface area contributed by atoms with Crippen LogP contribution in [-0.4, -0.2) is 29.2 Å². The summed E-state index contributed by atoms with van der Waals surface area (Å²) in [4.78, 5) is 8.31. The maximum atomic E-state index is 13.0. The van der Waals surface area contributed by atoms with Gasteiger partial charge in [-0.15, -0.1) is 0 Å². The molecule has 1 aromatic carbocycles. The van der Waals surface area contributed by atoms with Gasteiger partial charge >= 0.3 is 5.88 Å². The van der Waals surface area contributed by atoms with Gasteiger partial charge in [0.05, 0.1) is 5.69 Å². The fraction of sp³-hybridized carbons (Fsp3) is 0. The Morgan fingerprint density at radius 3 is 2.95 bits per heavy atom. The van der Waals surface area contributed by atoms with Crippen LogP contribution >= 0.6 is 0 Å². The van der Waals surface area contributed by atoms with Crippen LogP contribution in [0.3, 0.4) is 0 Å². The molecular formula is C9H7BFN5O3. The minimum Gasteiger partial charge on any atom is -0.385 e. The van der Waals surface area contributed by atoms with E-state index in [2.05, 4.69) is 24.8 Å². The summed E-state index contributed by atoms with van der Waals surface area (Å²) in [5.41, 5.74) is 1.89. The van der Waals surface area contributed by atoms with Gasteiger partial charge in [0.15, 0.2) is 5.84 Å². The lowest BCUT2D eigenvalue weighted by molar-refractivity contribution is 0.233. The van der Waals surface area contributed by atoms with E-state index in [4.69, 9.17) is 19.0 Å². The zero-order chi connectivity index (χ0) is 13.8. The average Bonchev–Trinajstić information content (AvgIpc) is 2.88. The van der Waals surface area contributed by atoms with Crippen LogP contribution in [0.25, 0.3) is 0 Å². The molecule has 0 fully saturated rings. The first-order valence-corrected chi connectivity index (χ1v) is 4.89. The molecule has 0 saturated carbocycles. The summed E-state index contributed by atoms with van der Waals surface area (Å²) in [6, 6.07) is 3.74. The van der Waals surface area contributed by atoms with Crippen molar-refractivity contribution < 1.29 is 19.1 Å². The van der Waals surface area contributed by atoms with Crippen LogP contribution in [0.5, 0.6) is 5.88 Å². The van der Waals surface area contributed by atoms with E-state index in [0.717, 1.165) is 6.07 Å². The van der Waals surface area contributed by atoms with Crippen molar-refractivity contribution in [3.63, 3.8) is 0 Å². The fourth-order valence-electron chi connectivity index (χ4n) is 1.26. The van der Waals surface area contributed by atoms with Gasteiger partial charge in [0.2, 0.25) is 5.69 Å². The Morgan fingerprint density at radius 2 is 2.32 bits per heavy atom. The number of halogens is 1. The van der Waals surface area contributed by atoms with E-state index in [-0.39, 0.29) is 28.6 Å². The molecule has 0 saturated heterocycles. The molecule has 0 aliphatic carbocycles. The fourth-order valence-corrected chi connectivity index (χ4v) is 1.26. The summed E-state index contributed by atoms with van der Waals surface area (Å²) in [6.07, 6.45) is 0. The molecule has 0 aliphatic rings. The Hall–Kier alpha value is -2.46. The Morgan fingerprint density at radius 1 is 1.53 bits per heavy atom. The topological polar surface area (TPSA) is 119 Å². The third kappa shape index (κ3) is 2.69. The monoisotopic (exact) mass is 263 g/mol. The second-order valence-electron chi connectivity index (χ2n) is 3.31. The van der Waals surface area contributed by atoms with Crippen LogP contribution in [0.4, 0.5) is 10.1 Å². The highest BCUT2D eigenvalue weighted by molar-refractivity contribution is 6.32. The number of hydrogen-bond donors (Lipinski definition) is 3. The number of amidine groups is 1. The maximum Gasteiger partial charge on any atom is 0.308 e. The van der Waals surface area contributed by atoms with E-state index in [1.54, 1.807) is 5.48 Å². The molecule has 0 unspecified atom stereocenters. The number of benzene rings is 1. The van der Waals surface area contributed by atoms with Crippen molar-refractivity contribution in [3.8, 4) is 5.88 Å². The maximum absolute atomic E-state index is 13.0. The van der Waals surface area contributed by atoms with Crippen molar-refractivity contribution in [2.75, 3.05) is 0 Å². The highest BCUT2D eigenvalue weighted by atomic mass is 19.1. The predicted molar refractivity (Wildman–Crippen MR) is 62.0 cm³/mol. The number of nitrogens with two attached hydrogens (primary N) is 1. The summed E-state index contributed by atoms with van der Waals surface area (Å²) in [7, 11) is 5.39. The highest BCUT2D eigenvalue weighted by Crippen LogP contribution is 2.16. The number of aliphatic imine (C=N–C) groups is 1. The molecule has 10 heteroatoms. The third-order valence-corrected chi connectivity index (χ3v) is 2.12. The summed E-state index contributed by atoms with van der Waals surface area (Å²) >= 11 is 0. The van der Waals surface area contributed by atoms with Gasteiger partial charge in [-0.1, -0.05) is 5.46 Å². The number of rotatable bonds is 3. The Bertz CT molecular complexity index is 618. The van der Waals surface area contributed by atoms with E-state index in [1.165, 1.54) is 12.1 Å². The van der Waals surface area contributed by atoms with Crippen molar-refractivity contribution in [2.45, 2.75) is 0 Å². The van der Waals surface area contributed by atoms with Gasteiger partial charge in [-0.25, -0.2) is 14.0 Å². The van der Waals surface area contributed by atoms with Crippen LogP contribution < -0.4 is 21.7 Å². The van der Waals surface area contributed by atoms with Gasteiger partial charge in [-0.3, -0.25) is 10.7 Å². The molecule has 0 atom stereocenters. The summed E-state index contributed by atoms with van der Waals surface area (Å²) < 4.78 is 17.4. The van der Waals surface area contributed by atoms with E-state index in [9.17, 15) is 4.39 Å². The second-order valence-corrected chi connectivity index (χ2v) is 3.31. The lowest BCUT2D eigenvalue weighted by Gasteiger charge is -2.03. The SMILES string of the molecule is [B]c1cc(N=C(NO)c2nonc2ON)ccc1F. The minimum atomic E-state index is -0.577. The molecule has 19 heavy (non-hydrogen) atoms. The van der Waals surface area contributed by atoms with Crippen molar-refractivity contribution in [2.24, 2.45) is 10.9 Å². The molecule has 0 aliphatic heterocycles. The molecule has 2 aromatic rings. The van der Waals surface area contributed by atoms with Gasteiger partial charge < -0.3 is 4.84 Å². The van der Waals surface area contributed by atoms with Crippen LogP contribution in [-0.2, 0) is 0 Å². The summed E-state index contributed by atoms with van der Waals surface area (Å²) in [5, 5.41) is 15.8. The Labute approximate surface area is 107 Å². The van der Waals surface area contributed by atoms with Crippen LogP contribution in [0, 0.1) is 5.82 Å². The Balaban J connectivity index is 2.41. The van der Waals surface area contributed by atoms with E-state index < -0.39 is 5.82 Å². The standard InChI is InChI=1S/C9H7BFN5O3/c10-5-3-4(1-2-6(5)11)13-8(14-17)7-9(18-12)16-19-15-7/h1-3,17H,12H2,(H,13,14). The molecule has 96 valence electrons. The van der Waals surface area contributed by atoms with Gasteiger partial charge in [-0.2, -0.15) is 5.90 Å². The van der Waals surface area contributed by atoms with E-state index >= 15 is 0 Å².